The molecule has 20 heavy (non-hydrogen) atoms. The van der Waals surface area contributed by atoms with Crippen LogP contribution in [0.5, 0.6) is 11.5 Å². The Bertz CT molecular complexity index is 466. The second-order valence-electron chi connectivity index (χ2n) is 5.56. The number of hydrogen-bond donors (Lipinski definition) is 2. The Morgan fingerprint density at radius 3 is 3.05 bits per heavy atom. The second kappa shape index (κ2) is 5.99. The van der Waals surface area contributed by atoms with Gasteiger partial charge >= 0.3 is 0 Å². The van der Waals surface area contributed by atoms with Crippen LogP contribution in [0.4, 0.5) is 0 Å². The standard InChI is InChI=1S/C15H22N2O3/c1-17-6-2-3-12(17)8-16-9-13(18)11-4-5-14-15(7-11)20-10-19-14/h4-5,7,12-13,16,18H,2-3,6,8-10H2,1H3. The van der Waals surface area contributed by atoms with Crippen molar-refractivity contribution < 1.29 is 14.6 Å². The molecule has 1 saturated heterocycles. The van der Waals surface area contributed by atoms with Crippen molar-refractivity contribution in [1.29, 1.82) is 0 Å². The molecule has 1 aromatic carbocycles. The van der Waals surface area contributed by atoms with Crippen molar-refractivity contribution in [3.8, 4) is 11.5 Å². The molecule has 5 heteroatoms. The highest BCUT2D eigenvalue weighted by atomic mass is 16.7. The van der Waals surface area contributed by atoms with Crippen LogP contribution in [-0.4, -0.2) is 49.5 Å². The molecule has 2 heterocycles. The number of fused-ring (bicyclic) bond motifs is 1. The number of likely N-dealkylation sites (N-methyl/N-ethyl adjacent to an activating group) is 1. The third-order valence-electron chi connectivity index (χ3n) is 4.17. The first-order chi connectivity index (χ1) is 9.74. The lowest BCUT2D eigenvalue weighted by molar-refractivity contribution is 0.167. The zero-order valence-electron chi connectivity index (χ0n) is 11.8. The molecule has 5 nitrogen and oxygen atoms in total. The number of benzene rings is 1. The minimum absolute atomic E-state index is 0.265. The topological polar surface area (TPSA) is 54.0 Å². The summed E-state index contributed by atoms with van der Waals surface area (Å²) in [5.74, 6) is 1.47. The van der Waals surface area contributed by atoms with Crippen molar-refractivity contribution in [3.05, 3.63) is 23.8 Å². The first kappa shape index (κ1) is 13.7. The van der Waals surface area contributed by atoms with Crippen molar-refractivity contribution >= 4 is 0 Å². The van der Waals surface area contributed by atoms with E-state index in [9.17, 15) is 5.11 Å². The third kappa shape index (κ3) is 2.90. The van der Waals surface area contributed by atoms with Gasteiger partial charge in [-0.15, -0.1) is 0 Å². The van der Waals surface area contributed by atoms with Crippen molar-refractivity contribution in [3.63, 3.8) is 0 Å². The second-order valence-corrected chi connectivity index (χ2v) is 5.56. The monoisotopic (exact) mass is 278 g/mol. The van der Waals surface area contributed by atoms with Gasteiger partial charge in [0, 0.05) is 19.1 Å². The third-order valence-corrected chi connectivity index (χ3v) is 4.17. The minimum atomic E-state index is -0.517. The van der Waals surface area contributed by atoms with Gasteiger partial charge in [-0.25, -0.2) is 0 Å². The molecule has 2 unspecified atom stereocenters. The number of aliphatic hydroxyl groups excluding tert-OH is 1. The lowest BCUT2D eigenvalue weighted by Crippen LogP contribution is -2.37. The molecular weight excluding hydrogens is 256 g/mol. The van der Waals surface area contributed by atoms with E-state index < -0.39 is 6.10 Å². The van der Waals surface area contributed by atoms with Crippen molar-refractivity contribution in [1.82, 2.24) is 10.2 Å². The van der Waals surface area contributed by atoms with Gasteiger partial charge in [-0.3, -0.25) is 0 Å². The van der Waals surface area contributed by atoms with Crippen LogP contribution in [0.25, 0.3) is 0 Å². The summed E-state index contributed by atoms with van der Waals surface area (Å²) in [6, 6.07) is 6.20. The highest BCUT2D eigenvalue weighted by Crippen LogP contribution is 2.34. The Morgan fingerprint density at radius 2 is 2.25 bits per heavy atom. The Morgan fingerprint density at radius 1 is 1.40 bits per heavy atom. The number of aliphatic hydroxyl groups is 1. The van der Waals surface area contributed by atoms with Gasteiger partial charge in [-0.05, 0) is 44.1 Å². The maximum Gasteiger partial charge on any atom is 0.231 e. The molecular formula is C15H22N2O3. The van der Waals surface area contributed by atoms with Gasteiger partial charge in [0.1, 0.15) is 0 Å². The molecule has 2 N–H and O–H groups in total. The molecule has 2 atom stereocenters. The Kier molecular flexibility index (Phi) is 4.10. The minimum Gasteiger partial charge on any atom is -0.454 e. The first-order valence-corrected chi connectivity index (χ1v) is 7.22. The van der Waals surface area contributed by atoms with E-state index >= 15 is 0 Å². The molecule has 110 valence electrons. The van der Waals surface area contributed by atoms with E-state index in [0.717, 1.165) is 23.6 Å². The van der Waals surface area contributed by atoms with Crippen LogP contribution in [0, 0.1) is 0 Å². The number of nitrogens with zero attached hydrogens (tertiary/aromatic N) is 1. The van der Waals surface area contributed by atoms with E-state index in [1.165, 1.54) is 19.4 Å². The molecule has 2 aliphatic heterocycles. The fourth-order valence-electron chi connectivity index (χ4n) is 2.86. The van der Waals surface area contributed by atoms with Crippen LogP contribution in [0.3, 0.4) is 0 Å². The average molecular weight is 278 g/mol. The molecule has 0 radical (unpaired) electrons. The van der Waals surface area contributed by atoms with E-state index in [0.29, 0.717) is 12.6 Å². The number of hydrogen-bond acceptors (Lipinski definition) is 5. The molecule has 2 aliphatic rings. The molecule has 0 aliphatic carbocycles. The Balaban J connectivity index is 1.50. The van der Waals surface area contributed by atoms with E-state index in [-0.39, 0.29) is 6.79 Å². The number of ether oxygens (including phenoxy) is 2. The highest BCUT2D eigenvalue weighted by molar-refractivity contribution is 5.45. The van der Waals surface area contributed by atoms with Gasteiger partial charge in [-0.2, -0.15) is 0 Å². The molecule has 1 aromatic rings. The van der Waals surface area contributed by atoms with E-state index in [1.807, 2.05) is 18.2 Å². The molecule has 0 saturated carbocycles. The normalized spacial score (nSPS) is 23.2. The fraction of sp³-hybridized carbons (Fsp3) is 0.600. The maximum atomic E-state index is 10.2. The van der Waals surface area contributed by atoms with Crippen molar-refractivity contribution in [2.24, 2.45) is 0 Å². The van der Waals surface area contributed by atoms with E-state index in [2.05, 4.69) is 17.3 Å². The van der Waals surface area contributed by atoms with Crippen molar-refractivity contribution in [2.45, 2.75) is 25.0 Å². The van der Waals surface area contributed by atoms with Gasteiger partial charge in [0.25, 0.3) is 0 Å². The molecule has 0 amide bonds. The zero-order chi connectivity index (χ0) is 13.9. The summed E-state index contributed by atoms with van der Waals surface area (Å²) in [5.41, 5.74) is 0.863. The largest absolute Gasteiger partial charge is 0.454 e. The molecule has 3 rings (SSSR count). The number of likely N-dealkylation sites (tertiary alicyclic amines) is 1. The SMILES string of the molecule is CN1CCCC1CNCC(O)c1ccc2c(c1)OCO2. The van der Waals surface area contributed by atoms with Gasteiger partial charge < -0.3 is 24.8 Å². The number of nitrogens with one attached hydrogen (secondary N) is 1. The van der Waals surface area contributed by atoms with Crippen LogP contribution in [0.2, 0.25) is 0 Å². The molecule has 0 aromatic heterocycles. The Labute approximate surface area is 119 Å². The van der Waals surface area contributed by atoms with Crippen LogP contribution < -0.4 is 14.8 Å². The summed E-state index contributed by atoms with van der Waals surface area (Å²) < 4.78 is 10.6. The predicted molar refractivity (Wildman–Crippen MR) is 76.0 cm³/mol. The lowest BCUT2D eigenvalue weighted by Gasteiger charge is -2.21. The maximum absolute atomic E-state index is 10.2. The van der Waals surface area contributed by atoms with Gasteiger partial charge in [0.2, 0.25) is 6.79 Å². The molecule has 1 fully saturated rings. The van der Waals surface area contributed by atoms with Crippen molar-refractivity contribution in [2.75, 3.05) is 33.5 Å². The van der Waals surface area contributed by atoms with E-state index in [4.69, 9.17) is 9.47 Å². The summed E-state index contributed by atoms with van der Waals surface area (Å²) >= 11 is 0. The summed E-state index contributed by atoms with van der Waals surface area (Å²) in [4.78, 5) is 2.37. The summed E-state index contributed by atoms with van der Waals surface area (Å²) in [6.45, 7) is 2.93. The lowest BCUT2D eigenvalue weighted by atomic mass is 10.1. The average Bonchev–Trinajstić information content (AvgIpc) is 3.07. The smallest absolute Gasteiger partial charge is 0.231 e. The Hall–Kier alpha value is -1.30. The predicted octanol–water partition coefficient (Wildman–Crippen LogP) is 1.13. The van der Waals surface area contributed by atoms with E-state index in [1.54, 1.807) is 0 Å². The van der Waals surface area contributed by atoms with Crippen LogP contribution >= 0.6 is 0 Å². The quantitative estimate of drug-likeness (QED) is 0.846. The van der Waals surface area contributed by atoms with Crippen LogP contribution in [0.1, 0.15) is 24.5 Å². The molecule has 0 spiro atoms. The molecule has 0 bridgehead atoms. The number of rotatable bonds is 5. The van der Waals surface area contributed by atoms with Gasteiger partial charge in [0.15, 0.2) is 11.5 Å². The van der Waals surface area contributed by atoms with Crippen LogP contribution in [0.15, 0.2) is 18.2 Å². The van der Waals surface area contributed by atoms with Gasteiger partial charge in [0.05, 0.1) is 6.10 Å². The summed E-state index contributed by atoms with van der Waals surface area (Å²) in [7, 11) is 2.16. The first-order valence-electron chi connectivity index (χ1n) is 7.22. The van der Waals surface area contributed by atoms with Crippen LogP contribution in [-0.2, 0) is 0 Å². The summed E-state index contributed by atoms with van der Waals surface area (Å²) in [5, 5.41) is 13.6. The zero-order valence-corrected chi connectivity index (χ0v) is 11.8. The fourth-order valence-corrected chi connectivity index (χ4v) is 2.86. The highest BCUT2D eigenvalue weighted by Gasteiger charge is 2.21. The summed E-state index contributed by atoms with van der Waals surface area (Å²) in [6.07, 6.45) is 1.99. The van der Waals surface area contributed by atoms with Gasteiger partial charge in [-0.1, -0.05) is 6.07 Å².